The van der Waals surface area contributed by atoms with E-state index in [2.05, 4.69) is 26.9 Å². The van der Waals surface area contributed by atoms with Gasteiger partial charge in [0.25, 0.3) is 0 Å². The molecule has 0 unspecified atom stereocenters. The summed E-state index contributed by atoms with van der Waals surface area (Å²) in [5, 5.41) is 10.8. The molecule has 0 radical (unpaired) electrons. The molecule has 0 bridgehead atoms. The SMILES string of the molecule is N#Cc1cccnc1N1CCN([C@H]2CCc3c(Cl)cc(Cl)cc32)CC1. The Bertz CT molecular complexity index is 838. The normalized spacial score (nSPS) is 20.4. The van der Waals surface area contributed by atoms with Crippen LogP contribution in [0.25, 0.3) is 0 Å². The molecule has 1 aliphatic heterocycles. The predicted molar refractivity (Wildman–Crippen MR) is 100 cm³/mol. The maximum Gasteiger partial charge on any atom is 0.146 e. The van der Waals surface area contributed by atoms with Crippen molar-refractivity contribution < 1.29 is 0 Å². The molecule has 2 aliphatic rings. The van der Waals surface area contributed by atoms with Crippen molar-refractivity contribution >= 4 is 29.0 Å². The Hall–Kier alpha value is -1.80. The first kappa shape index (κ1) is 16.7. The third kappa shape index (κ3) is 3.08. The number of nitriles is 1. The van der Waals surface area contributed by atoms with Crippen LogP contribution in [0, 0.1) is 11.3 Å². The Kier molecular flexibility index (Phi) is 4.56. The average molecular weight is 373 g/mol. The van der Waals surface area contributed by atoms with Crippen LogP contribution in [0.1, 0.15) is 29.2 Å². The van der Waals surface area contributed by atoms with Crippen LogP contribution >= 0.6 is 23.2 Å². The summed E-state index contributed by atoms with van der Waals surface area (Å²) in [5.41, 5.74) is 3.16. The number of pyridine rings is 1. The van der Waals surface area contributed by atoms with Crippen LogP contribution in [-0.2, 0) is 6.42 Å². The zero-order chi connectivity index (χ0) is 17.4. The summed E-state index contributed by atoms with van der Waals surface area (Å²) in [7, 11) is 0. The van der Waals surface area contributed by atoms with E-state index in [1.807, 2.05) is 12.1 Å². The molecule has 2 heterocycles. The Morgan fingerprint density at radius 2 is 1.96 bits per heavy atom. The molecule has 128 valence electrons. The van der Waals surface area contributed by atoms with Crippen molar-refractivity contribution in [2.75, 3.05) is 31.1 Å². The summed E-state index contributed by atoms with van der Waals surface area (Å²) in [4.78, 5) is 9.11. The van der Waals surface area contributed by atoms with E-state index in [0.29, 0.717) is 16.6 Å². The minimum atomic E-state index is 0.382. The van der Waals surface area contributed by atoms with Crippen molar-refractivity contribution in [3.8, 4) is 6.07 Å². The molecule has 2 aromatic rings. The molecule has 0 amide bonds. The molecule has 0 N–H and O–H groups in total. The number of aromatic nitrogens is 1. The lowest BCUT2D eigenvalue weighted by molar-refractivity contribution is 0.185. The number of nitrogens with zero attached hydrogens (tertiary/aromatic N) is 4. The molecule has 1 atom stereocenters. The fourth-order valence-corrected chi connectivity index (χ4v) is 4.59. The van der Waals surface area contributed by atoms with E-state index in [0.717, 1.165) is 49.9 Å². The number of anilines is 1. The quantitative estimate of drug-likeness (QED) is 0.796. The zero-order valence-electron chi connectivity index (χ0n) is 13.8. The summed E-state index contributed by atoms with van der Waals surface area (Å²) in [5.74, 6) is 0.794. The van der Waals surface area contributed by atoms with Gasteiger partial charge in [-0.2, -0.15) is 5.26 Å². The van der Waals surface area contributed by atoms with Crippen LogP contribution in [-0.4, -0.2) is 36.1 Å². The predicted octanol–water partition coefficient (Wildman–Crippen LogP) is 4.07. The topological polar surface area (TPSA) is 43.2 Å². The number of piperazine rings is 1. The Morgan fingerprint density at radius 1 is 1.16 bits per heavy atom. The third-order valence-corrected chi connectivity index (χ3v) is 5.74. The second-order valence-electron chi connectivity index (χ2n) is 6.52. The highest BCUT2D eigenvalue weighted by Gasteiger charge is 2.32. The Balaban J connectivity index is 1.50. The first-order valence-electron chi connectivity index (χ1n) is 8.49. The van der Waals surface area contributed by atoms with Gasteiger partial charge in [0.1, 0.15) is 11.9 Å². The van der Waals surface area contributed by atoms with E-state index in [4.69, 9.17) is 23.2 Å². The molecule has 1 saturated heterocycles. The highest BCUT2D eigenvalue weighted by atomic mass is 35.5. The molecule has 25 heavy (non-hydrogen) atoms. The second kappa shape index (κ2) is 6.84. The second-order valence-corrected chi connectivity index (χ2v) is 7.36. The van der Waals surface area contributed by atoms with Crippen molar-refractivity contribution in [1.29, 1.82) is 5.26 Å². The Morgan fingerprint density at radius 3 is 2.72 bits per heavy atom. The van der Waals surface area contributed by atoms with E-state index in [9.17, 15) is 5.26 Å². The smallest absolute Gasteiger partial charge is 0.146 e. The third-order valence-electron chi connectivity index (χ3n) is 5.18. The van der Waals surface area contributed by atoms with Gasteiger partial charge in [0, 0.05) is 48.5 Å². The summed E-state index contributed by atoms with van der Waals surface area (Å²) >= 11 is 12.6. The van der Waals surface area contributed by atoms with Gasteiger partial charge in [-0.1, -0.05) is 23.2 Å². The Labute approximate surface area is 157 Å². The van der Waals surface area contributed by atoms with Gasteiger partial charge in [-0.15, -0.1) is 0 Å². The zero-order valence-corrected chi connectivity index (χ0v) is 15.3. The van der Waals surface area contributed by atoms with Gasteiger partial charge in [-0.05, 0) is 48.2 Å². The number of rotatable bonds is 2. The standard InChI is InChI=1S/C19H18Cl2N4/c20-14-10-16-15(17(21)11-14)3-4-18(16)24-6-8-25(9-7-24)19-13(12-22)2-1-5-23-19/h1-2,5,10-11,18H,3-4,6-9H2/t18-/m0/s1. The van der Waals surface area contributed by atoms with Crippen molar-refractivity contribution in [3.05, 3.63) is 57.2 Å². The van der Waals surface area contributed by atoms with Crippen LogP contribution in [0.3, 0.4) is 0 Å². The lowest BCUT2D eigenvalue weighted by atomic mass is 10.1. The van der Waals surface area contributed by atoms with Crippen LogP contribution < -0.4 is 4.90 Å². The first-order chi connectivity index (χ1) is 12.2. The van der Waals surface area contributed by atoms with E-state index in [-0.39, 0.29) is 0 Å². The van der Waals surface area contributed by atoms with Gasteiger partial charge < -0.3 is 4.90 Å². The van der Waals surface area contributed by atoms with Gasteiger partial charge in [0.2, 0.25) is 0 Å². The first-order valence-corrected chi connectivity index (χ1v) is 9.25. The summed E-state index contributed by atoms with van der Waals surface area (Å²) < 4.78 is 0. The molecule has 1 aromatic carbocycles. The largest absolute Gasteiger partial charge is 0.353 e. The van der Waals surface area contributed by atoms with Gasteiger partial charge in [0.05, 0.1) is 5.56 Å². The van der Waals surface area contributed by atoms with E-state index >= 15 is 0 Å². The van der Waals surface area contributed by atoms with Crippen molar-refractivity contribution in [2.45, 2.75) is 18.9 Å². The maximum absolute atomic E-state index is 9.28. The van der Waals surface area contributed by atoms with Crippen LogP contribution in [0.5, 0.6) is 0 Å². The lowest BCUT2D eigenvalue weighted by Gasteiger charge is -2.39. The van der Waals surface area contributed by atoms with Crippen LogP contribution in [0.4, 0.5) is 5.82 Å². The molecule has 4 nitrogen and oxygen atoms in total. The van der Waals surface area contributed by atoms with Crippen molar-refractivity contribution in [1.82, 2.24) is 9.88 Å². The molecular weight excluding hydrogens is 355 g/mol. The molecule has 1 fully saturated rings. The van der Waals surface area contributed by atoms with Gasteiger partial charge in [-0.3, -0.25) is 4.90 Å². The molecule has 1 aliphatic carbocycles. The highest BCUT2D eigenvalue weighted by molar-refractivity contribution is 6.35. The highest BCUT2D eigenvalue weighted by Crippen LogP contribution is 2.41. The minimum absolute atomic E-state index is 0.382. The number of fused-ring (bicyclic) bond motifs is 1. The van der Waals surface area contributed by atoms with E-state index in [1.165, 1.54) is 11.1 Å². The monoisotopic (exact) mass is 372 g/mol. The number of hydrogen-bond acceptors (Lipinski definition) is 4. The van der Waals surface area contributed by atoms with Crippen LogP contribution in [0.2, 0.25) is 10.0 Å². The lowest BCUT2D eigenvalue weighted by Crippen LogP contribution is -2.47. The molecule has 0 spiro atoms. The van der Waals surface area contributed by atoms with Crippen molar-refractivity contribution in [3.63, 3.8) is 0 Å². The van der Waals surface area contributed by atoms with Gasteiger partial charge in [0.15, 0.2) is 0 Å². The van der Waals surface area contributed by atoms with E-state index in [1.54, 1.807) is 12.3 Å². The fourth-order valence-electron chi connectivity index (χ4n) is 3.98. The molecule has 1 aromatic heterocycles. The average Bonchev–Trinajstić information content (AvgIpc) is 3.06. The molecule has 4 rings (SSSR count). The number of halogens is 2. The molecular formula is C19H18Cl2N4. The fraction of sp³-hybridized carbons (Fsp3) is 0.368. The number of benzene rings is 1. The summed E-state index contributed by atoms with van der Waals surface area (Å²) in [6.45, 7) is 3.61. The summed E-state index contributed by atoms with van der Waals surface area (Å²) in [6, 6.07) is 10.2. The van der Waals surface area contributed by atoms with E-state index < -0.39 is 0 Å². The minimum Gasteiger partial charge on any atom is -0.353 e. The van der Waals surface area contributed by atoms with Crippen LogP contribution in [0.15, 0.2) is 30.5 Å². The van der Waals surface area contributed by atoms with Gasteiger partial charge >= 0.3 is 0 Å². The maximum atomic E-state index is 9.28. The molecule has 6 heteroatoms. The number of hydrogen-bond donors (Lipinski definition) is 0. The molecule has 0 saturated carbocycles. The summed E-state index contributed by atoms with van der Waals surface area (Å²) in [6.07, 6.45) is 3.84. The van der Waals surface area contributed by atoms with Crippen molar-refractivity contribution in [2.24, 2.45) is 0 Å². The van der Waals surface area contributed by atoms with Gasteiger partial charge in [-0.25, -0.2) is 4.98 Å².